The van der Waals surface area contributed by atoms with Crippen LogP contribution in [0, 0.1) is 19.7 Å². The van der Waals surface area contributed by atoms with Crippen molar-refractivity contribution in [3.63, 3.8) is 0 Å². The Morgan fingerprint density at radius 1 is 0.917 bits per heavy atom. The van der Waals surface area contributed by atoms with Crippen LogP contribution in [0.1, 0.15) is 53.5 Å². The molecule has 4 nitrogen and oxygen atoms in total. The van der Waals surface area contributed by atoms with Crippen molar-refractivity contribution in [3.05, 3.63) is 106 Å². The van der Waals surface area contributed by atoms with Gasteiger partial charge in [-0.15, -0.1) is 0 Å². The maximum atomic E-state index is 14.7. The number of halogens is 1. The fraction of sp³-hybridized carbons (Fsp3) is 0.355. The van der Waals surface area contributed by atoms with E-state index in [9.17, 15) is 14.0 Å². The minimum absolute atomic E-state index is 0.0336. The number of rotatable bonds is 9. The third-order valence-electron chi connectivity index (χ3n) is 6.91. The highest BCUT2D eigenvalue weighted by Gasteiger charge is 2.32. The molecule has 0 unspecified atom stereocenters. The van der Waals surface area contributed by atoms with Crippen molar-refractivity contribution in [2.24, 2.45) is 0 Å². The number of carbonyl (C=O) groups is 2. The quantitative estimate of drug-likeness (QED) is 0.423. The Balaban J connectivity index is 1.68. The van der Waals surface area contributed by atoms with E-state index in [0.29, 0.717) is 12.0 Å². The van der Waals surface area contributed by atoms with Gasteiger partial charge in [0.05, 0.1) is 6.42 Å². The molecule has 0 aromatic heterocycles. The van der Waals surface area contributed by atoms with Crippen molar-refractivity contribution in [2.45, 2.75) is 71.0 Å². The van der Waals surface area contributed by atoms with E-state index in [4.69, 9.17) is 0 Å². The predicted molar refractivity (Wildman–Crippen MR) is 141 cm³/mol. The standard InChI is InChI=1S/C31H35FN2O2/c1-22-16-23(2)18-25(17-22)20-30(35)34(21-26-12-6-9-15-28(26)32)29(19-24-10-4-3-5-11-24)31(36)33-27-13-7-8-14-27/h3-6,9-12,15-18,27,29H,7-8,13-14,19-21H2,1-2H3,(H,33,36)/t29-/m1/s1. The third-order valence-corrected chi connectivity index (χ3v) is 6.91. The number of nitrogens with one attached hydrogen (secondary N) is 1. The van der Waals surface area contributed by atoms with Gasteiger partial charge in [-0.25, -0.2) is 4.39 Å². The molecule has 188 valence electrons. The first-order chi connectivity index (χ1) is 17.4. The average molecular weight is 487 g/mol. The van der Waals surface area contributed by atoms with Crippen LogP contribution in [-0.4, -0.2) is 28.8 Å². The van der Waals surface area contributed by atoms with E-state index in [-0.39, 0.29) is 36.6 Å². The summed E-state index contributed by atoms with van der Waals surface area (Å²) in [6, 6.07) is 21.6. The number of nitrogens with zero attached hydrogens (tertiary/aromatic N) is 1. The molecule has 5 heteroatoms. The summed E-state index contributed by atoms with van der Waals surface area (Å²) in [4.78, 5) is 29.1. The van der Waals surface area contributed by atoms with Crippen molar-refractivity contribution in [2.75, 3.05) is 0 Å². The lowest BCUT2D eigenvalue weighted by atomic mass is 10.00. The van der Waals surface area contributed by atoms with E-state index >= 15 is 0 Å². The van der Waals surface area contributed by atoms with Crippen molar-refractivity contribution >= 4 is 11.8 Å². The lowest BCUT2D eigenvalue weighted by Crippen LogP contribution is -2.52. The van der Waals surface area contributed by atoms with E-state index in [0.717, 1.165) is 47.9 Å². The molecule has 1 saturated carbocycles. The molecule has 2 amide bonds. The minimum Gasteiger partial charge on any atom is -0.352 e. The fourth-order valence-electron chi connectivity index (χ4n) is 5.18. The molecular weight excluding hydrogens is 451 g/mol. The van der Waals surface area contributed by atoms with Crippen molar-refractivity contribution in [1.82, 2.24) is 10.2 Å². The summed E-state index contributed by atoms with van der Waals surface area (Å²) in [6.07, 6.45) is 4.62. The van der Waals surface area contributed by atoms with Gasteiger partial charge in [0.25, 0.3) is 0 Å². The molecule has 1 atom stereocenters. The Morgan fingerprint density at radius 2 is 1.56 bits per heavy atom. The Kier molecular flexibility index (Phi) is 8.52. The lowest BCUT2D eigenvalue weighted by molar-refractivity contribution is -0.141. The van der Waals surface area contributed by atoms with Gasteiger partial charge < -0.3 is 10.2 Å². The van der Waals surface area contributed by atoms with Gasteiger partial charge in [-0.05, 0) is 43.9 Å². The second-order valence-electron chi connectivity index (χ2n) is 9.98. The number of hydrogen-bond acceptors (Lipinski definition) is 2. The summed E-state index contributed by atoms with van der Waals surface area (Å²) in [5.41, 5.74) is 4.42. The van der Waals surface area contributed by atoms with Gasteiger partial charge >= 0.3 is 0 Å². The molecule has 1 N–H and O–H groups in total. The smallest absolute Gasteiger partial charge is 0.243 e. The molecule has 0 aliphatic heterocycles. The molecule has 0 radical (unpaired) electrons. The molecule has 0 heterocycles. The van der Waals surface area contributed by atoms with Gasteiger partial charge in [-0.3, -0.25) is 9.59 Å². The minimum atomic E-state index is -0.744. The van der Waals surface area contributed by atoms with Crippen molar-refractivity contribution < 1.29 is 14.0 Å². The van der Waals surface area contributed by atoms with E-state index in [1.54, 1.807) is 23.1 Å². The Morgan fingerprint density at radius 3 is 2.22 bits per heavy atom. The van der Waals surface area contributed by atoms with Crippen LogP contribution < -0.4 is 5.32 Å². The maximum Gasteiger partial charge on any atom is 0.243 e. The average Bonchev–Trinajstić information content (AvgIpc) is 3.35. The zero-order valence-electron chi connectivity index (χ0n) is 21.2. The summed E-state index contributed by atoms with van der Waals surface area (Å²) in [6.45, 7) is 4.04. The monoisotopic (exact) mass is 486 g/mol. The summed E-state index contributed by atoms with van der Waals surface area (Å²) in [7, 11) is 0. The van der Waals surface area contributed by atoms with E-state index in [2.05, 4.69) is 11.4 Å². The van der Waals surface area contributed by atoms with Gasteiger partial charge in [0.2, 0.25) is 11.8 Å². The summed E-state index contributed by atoms with van der Waals surface area (Å²) in [5.74, 6) is -0.738. The fourth-order valence-corrected chi connectivity index (χ4v) is 5.18. The highest BCUT2D eigenvalue weighted by atomic mass is 19.1. The number of benzene rings is 3. The lowest BCUT2D eigenvalue weighted by Gasteiger charge is -2.32. The molecule has 1 fully saturated rings. The van der Waals surface area contributed by atoms with E-state index in [1.165, 1.54) is 6.07 Å². The Labute approximate surface area is 213 Å². The molecule has 0 saturated heterocycles. The van der Waals surface area contributed by atoms with Gasteiger partial charge in [0.1, 0.15) is 11.9 Å². The SMILES string of the molecule is Cc1cc(C)cc(CC(=O)N(Cc2ccccc2F)[C@H](Cc2ccccc2)C(=O)NC2CCCC2)c1. The number of carbonyl (C=O) groups excluding carboxylic acids is 2. The summed E-state index contributed by atoms with van der Waals surface area (Å²) in [5, 5.41) is 3.19. The largest absolute Gasteiger partial charge is 0.352 e. The van der Waals surface area contributed by atoms with E-state index < -0.39 is 6.04 Å². The molecule has 3 aromatic carbocycles. The van der Waals surface area contributed by atoms with Gasteiger partial charge in [0, 0.05) is 24.6 Å². The molecule has 36 heavy (non-hydrogen) atoms. The van der Waals surface area contributed by atoms with Crippen LogP contribution in [0.15, 0.2) is 72.8 Å². The zero-order chi connectivity index (χ0) is 25.5. The number of amides is 2. The first-order valence-electron chi connectivity index (χ1n) is 12.8. The van der Waals surface area contributed by atoms with Crippen molar-refractivity contribution in [1.29, 1.82) is 0 Å². The molecule has 3 aromatic rings. The van der Waals surface area contributed by atoms with Crippen LogP contribution in [0.25, 0.3) is 0 Å². The number of hydrogen-bond donors (Lipinski definition) is 1. The van der Waals surface area contributed by atoms with Crippen LogP contribution >= 0.6 is 0 Å². The Hall–Kier alpha value is -3.47. The van der Waals surface area contributed by atoms with Gasteiger partial charge in [-0.2, -0.15) is 0 Å². The second kappa shape index (κ2) is 12.0. The molecule has 0 bridgehead atoms. The van der Waals surface area contributed by atoms with Crippen LogP contribution in [0.2, 0.25) is 0 Å². The zero-order valence-corrected chi connectivity index (χ0v) is 21.2. The van der Waals surface area contributed by atoms with Crippen LogP contribution in [0.4, 0.5) is 4.39 Å². The summed E-state index contributed by atoms with van der Waals surface area (Å²) < 4.78 is 14.7. The number of aryl methyl sites for hydroxylation is 2. The van der Waals surface area contributed by atoms with Crippen LogP contribution in [0.5, 0.6) is 0 Å². The van der Waals surface area contributed by atoms with Gasteiger partial charge in [0.15, 0.2) is 0 Å². The molecule has 4 rings (SSSR count). The van der Waals surface area contributed by atoms with Crippen LogP contribution in [0.3, 0.4) is 0 Å². The first-order valence-corrected chi connectivity index (χ1v) is 12.8. The highest BCUT2D eigenvalue weighted by molar-refractivity contribution is 5.89. The molecule has 1 aliphatic rings. The van der Waals surface area contributed by atoms with Gasteiger partial charge in [-0.1, -0.05) is 90.7 Å². The molecule has 0 spiro atoms. The van der Waals surface area contributed by atoms with E-state index in [1.807, 2.05) is 56.3 Å². The predicted octanol–water partition coefficient (Wildman–Crippen LogP) is 5.68. The third kappa shape index (κ3) is 6.81. The second-order valence-corrected chi connectivity index (χ2v) is 9.98. The summed E-state index contributed by atoms with van der Waals surface area (Å²) >= 11 is 0. The molecule has 1 aliphatic carbocycles. The van der Waals surface area contributed by atoms with Crippen LogP contribution in [-0.2, 0) is 29.0 Å². The Bertz CT molecular complexity index is 1170. The topological polar surface area (TPSA) is 49.4 Å². The molecular formula is C31H35FN2O2. The van der Waals surface area contributed by atoms with Crippen molar-refractivity contribution in [3.8, 4) is 0 Å². The highest BCUT2D eigenvalue weighted by Crippen LogP contribution is 2.21. The maximum absolute atomic E-state index is 14.7. The first kappa shape index (κ1) is 25.6. The normalized spacial score (nSPS) is 14.4.